The number of hydrogen-bond donors (Lipinski definition) is 3. The number of anilines is 1. The van der Waals surface area contributed by atoms with Crippen molar-refractivity contribution >= 4 is 11.7 Å². The first kappa shape index (κ1) is 16.2. The highest BCUT2D eigenvalue weighted by Gasteiger charge is 2.40. The van der Waals surface area contributed by atoms with Gasteiger partial charge in [-0.2, -0.15) is 8.78 Å². The van der Waals surface area contributed by atoms with Crippen LogP contribution in [0, 0.1) is 0 Å². The summed E-state index contributed by atoms with van der Waals surface area (Å²) in [5.41, 5.74) is 6.81. The van der Waals surface area contributed by atoms with E-state index in [2.05, 4.69) is 5.32 Å². The normalized spacial score (nSPS) is 13.2. The van der Waals surface area contributed by atoms with Crippen LogP contribution in [0.5, 0.6) is 0 Å². The number of carbonyl (C=O) groups excluding carboxylic acids is 1. The zero-order valence-electron chi connectivity index (χ0n) is 10.7. The number of hydrogen-bond acceptors (Lipinski definition) is 2. The molecule has 8 heteroatoms. The lowest BCUT2D eigenvalue weighted by Gasteiger charge is -2.16. The largest absolute Gasteiger partial charge is 0.332 e. The Balaban J connectivity index is 2.50. The van der Waals surface area contributed by atoms with Gasteiger partial charge >= 0.3 is 18.4 Å². The quantitative estimate of drug-likeness (QED) is 0.731. The molecule has 0 fully saturated rings. The number of alkyl halides is 4. The van der Waals surface area contributed by atoms with E-state index in [0.717, 1.165) is 5.56 Å². The lowest BCUT2D eigenvalue weighted by molar-refractivity contribution is -0.123. The number of carbonyl (C=O) groups is 1. The van der Waals surface area contributed by atoms with E-state index in [1.165, 1.54) is 12.1 Å². The van der Waals surface area contributed by atoms with E-state index in [1.807, 2.05) is 0 Å². The minimum atomic E-state index is -4.25. The van der Waals surface area contributed by atoms with Gasteiger partial charge in [-0.25, -0.2) is 13.6 Å². The van der Waals surface area contributed by atoms with Crippen LogP contribution in [0.1, 0.15) is 18.5 Å². The van der Waals surface area contributed by atoms with Gasteiger partial charge in [0.25, 0.3) is 0 Å². The Morgan fingerprint density at radius 1 is 1.30 bits per heavy atom. The molecule has 1 rings (SSSR count). The second-order valence-corrected chi connectivity index (χ2v) is 4.28. The minimum Gasteiger partial charge on any atom is -0.332 e. The zero-order valence-corrected chi connectivity index (χ0v) is 10.7. The Hall–Kier alpha value is -1.83. The Kier molecular flexibility index (Phi) is 5.32. The molecule has 4 nitrogen and oxygen atoms in total. The summed E-state index contributed by atoms with van der Waals surface area (Å²) in [7, 11) is 0. The molecule has 0 heterocycles. The number of halogens is 4. The Morgan fingerprint density at radius 3 is 2.30 bits per heavy atom. The van der Waals surface area contributed by atoms with Crippen molar-refractivity contribution in [2.75, 3.05) is 11.9 Å². The number of nitrogens with two attached hydrogens (primary N) is 1. The molecule has 112 valence electrons. The standard InChI is InChI=1S/C12H15F4N3O/c1-7(17)8-2-4-9(5-3-8)19-11(20)18-6-12(15,16)10(13)14/h2-5,7,10H,6,17H2,1H3,(H2,18,19,20). The van der Waals surface area contributed by atoms with Gasteiger partial charge in [-0.15, -0.1) is 0 Å². The first-order valence-corrected chi connectivity index (χ1v) is 5.79. The van der Waals surface area contributed by atoms with Crippen LogP contribution in [-0.2, 0) is 0 Å². The minimum absolute atomic E-state index is 0.178. The van der Waals surface area contributed by atoms with Gasteiger partial charge < -0.3 is 16.4 Å². The van der Waals surface area contributed by atoms with Crippen molar-refractivity contribution in [3.63, 3.8) is 0 Å². The van der Waals surface area contributed by atoms with Crippen molar-refractivity contribution in [2.24, 2.45) is 5.73 Å². The van der Waals surface area contributed by atoms with Crippen molar-refractivity contribution in [3.8, 4) is 0 Å². The van der Waals surface area contributed by atoms with E-state index < -0.39 is 24.9 Å². The molecule has 1 aromatic rings. The predicted molar refractivity (Wildman–Crippen MR) is 67.0 cm³/mol. The molecule has 2 amide bonds. The maximum atomic E-state index is 12.6. The fourth-order valence-corrected chi connectivity index (χ4v) is 1.32. The van der Waals surface area contributed by atoms with Crippen LogP contribution < -0.4 is 16.4 Å². The molecule has 0 spiro atoms. The van der Waals surface area contributed by atoms with E-state index in [9.17, 15) is 22.4 Å². The maximum absolute atomic E-state index is 12.6. The summed E-state index contributed by atoms with van der Waals surface area (Å²) in [5, 5.41) is 3.94. The average Bonchev–Trinajstić information content (AvgIpc) is 2.37. The van der Waals surface area contributed by atoms with Crippen molar-refractivity contribution in [1.82, 2.24) is 5.32 Å². The van der Waals surface area contributed by atoms with Crippen LogP contribution in [0.15, 0.2) is 24.3 Å². The third-order valence-corrected chi connectivity index (χ3v) is 2.50. The van der Waals surface area contributed by atoms with E-state index in [-0.39, 0.29) is 6.04 Å². The smallest absolute Gasteiger partial charge is 0.324 e. The summed E-state index contributed by atoms with van der Waals surface area (Å²) < 4.78 is 48.9. The van der Waals surface area contributed by atoms with Gasteiger partial charge in [0, 0.05) is 11.7 Å². The highest BCUT2D eigenvalue weighted by Crippen LogP contribution is 2.21. The molecule has 0 saturated heterocycles. The second kappa shape index (κ2) is 6.56. The fraction of sp³-hybridized carbons (Fsp3) is 0.417. The second-order valence-electron chi connectivity index (χ2n) is 4.28. The number of rotatable bonds is 5. The van der Waals surface area contributed by atoms with E-state index in [1.54, 1.807) is 24.4 Å². The number of urea groups is 1. The molecule has 1 aromatic carbocycles. The van der Waals surface area contributed by atoms with Crippen LogP contribution in [0.25, 0.3) is 0 Å². The molecule has 0 aliphatic carbocycles. The topological polar surface area (TPSA) is 67.1 Å². The molecule has 0 aliphatic rings. The van der Waals surface area contributed by atoms with E-state index in [4.69, 9.17) is 5.73 Å². The molecule has 4 N–H and O–H groups in total. The number of nitrogens with one attached hydrogen (secondary N) is 2. The number of amides is 2. The molecule has 1 unspecified atom stereocenters. The Morgan fingerprint density at radius 2 is 1.85 bits per heavy atom. The van der Waals surface area contributed by atoms with Crippen LogP contribution in [0.4, 0.5) is 28.0 Å². The fourth-order valence-electron chi connectivity index (χ4n) is 1.32. The van der Waals surface area contributed by atoms with Crippen LogP contribution in [0.3, 0.4) is 0 Å². The predicted octanol–water partition coefficient (Wildman–Crippen LogP) is 2.73. The summed E-state index contributed by atoms with van der Waals surface area (Å²) in [6.07, 6.45) is -3.83. The Labute approximate surface area is 113 Å². The first-order valence-electron chi connectivity index (χ1n) is 5.79. The molecule has 0 bridgehead atoms. The highest BCUT2D eigenvalue weighted by atomic mass is 19.3. The summed E-state index contributed by atoms with van der Waals surface area (Å²) in [4.78, 5) is 11.3. The molecule has 20 heavy (non-hydrogen) atoms. The molecule has 0 saturated carbocycles. The van der Waals surface area contributed by atoms with Gasteiger partial charge in [0.2, 0.25) is 0 Å². The molecule has 0 aromatic heterocycles. The monoisotopic (exact) mass is 293 g/mol. The average molecular weight is 293 g/mol. The third-order valence-electron chi connectivity index (χ3n) is 2.50. The van der Waals surface area contributed by atoms with E-state index in [0.29, 0.717) is 5.69 Å². The van der Waals surface area contributed by atoms with Crippen molar-refractivity contribution in [3.05, 3.63) is 29.8 Å². The number of benzene rings is 1. The van der Waals surface area contributed by atoms with Gasteiger partial charge in [0.1, 0.15) is 0 Å². The maximum Gasteiger partial charge on any atom is 0.324 e. The lowest BCUT2D eigenvalue weighted by atomic mass is 10.1. The SMILES string of the molecule is CC(N)c1ccc(NC(=O)NCC(F)(F)C(F)F)cc1. The van der Waals surface area contributed by atoms with Crippen molar-refractivity contribution < 1.29 is 22.4 Å². The summed E-state index contributed by atoms with van der Waals surface area (Å²) >= 11 is 0. The summed E-state index contributed by atoms with van der Waals surface area (Å²) in [6, 6.07) is 5.22. The molecular formula is C12H15F4N3O. The summed E-state index contributed by atoms with van der Waals surface area (Å²) in [6.45, 7) is 0.343. The molecule has 1 atom stereocenters. The Bertz CT molecular complexity index is 449. The van der Waals surface area contributed by atoms with Crippen LogP contribution >= 0.6 is 0 Å². The van der Waals surface area contributed by atoms with Gasteiger partial charge in [0.15, 0.2) is 0 Å². The van der Waals surface area contributed by atoms with Crippen LogP contribution in [-0.4, -0.2) is 24.9 Å². The van der Waals surface area contributed by atoms with Gasteiger partial charge in [-0.05, 0) is 24.6 Å². The zero-order chi connectivity index (χ0) is 15.3. The third kappa shape index (κ3) is 4.69. The molecule has 0 aliphatic heterocycles. The lowest BCUT2D eigenvalue weighted by Crippen LogP contribution is -2.42. The first-order chi connectivity index (χ1) is 9.22. The van der Waals surface area contributed by atoms with E-state index >= 15 is 0 Å². The molecular weight excluding hydrogens is 278 g/mol. The van der Waals surface area contributed by atoms with Crippen molar-refractivity contribution in [2.45, 2.75) is 25.3 Å². The van der Waals surface area contributed by atoms with Gasteiger partial charge in [-0.3, -0.25) is 0 Å². The summed E-state index contributed by atoms with van der Waals surface area (Å²) in [5.74, 6) is -4.25. The van der Waals surface area contributed by atoms with Crippen LogP contribution in [0.2, 0.25) is 0 Å². The van der Waals surface area contributed by atoms with Gasteiger partial charge in [-0.1, -0.05) is 12.1 Å². The highest BCUT2D eigenvalue weighted by molar-refractivity contribution is 5.89. The molecule has 0 radical (unpaired) electrons. The van der Waals surface area contributed by atoms with Crippen molar-refractivity contribution in [1.29, 1.82) is 0 Å². The van der Waals surface area contributed by atoms with Gasteiger partial charge in [0.05, 0.1) is 6.54 Å².